The predicted molar refractivity (Wildman–Crippen MR) is 51.3 cm³/mol. The van der Waals surface area contributed by atoms with Crippen LogP contribution < -0.4 is 0 Å². The molecule has 0 radical (unpaired) electrons. The first-order chi connectivity index (χ1) is 5.77. The van der Waals surface area contributed by atoms with Crippen LogP contribution in [0, 0.1) is 0 Å². The van der Waals surface area contributed by atoms with Crippen molar-refractivity contribution in [3.05, 3.63) is 0 Å². The van der Waals surface area contributed by atoms with Crippen molar-refractivity contribution in [3.63, 3.8) is 0 Å². The highest BCUT2D eigenvalue weighted by molar-refractivity contribution is 4.88. The maximum Gasteiger partial charge on any atom is 0.0226 e. The van der Waals surface area contributed by atoms with E-state index in [0.29, 0.717) is 0 Å². The molecule has 2 rings (SSSR count). The number of piperazine rings is 1. The molecule has 70 valence electrons. The van der Waals surface area contributed by atoms with E-state index < -0.39 is 0 Å². The minimum absolute atomic E-state index is 0.786. The number of nitrogens with zero attached hydrogens (tertiary/aromatic N) is 2. The van der Waals surface area contributed by atoms with Crippen LogP contribution in [0.1, 0.15) is 26.2 Å². The highest BCUT2D eigenvalue weighted by Gasteiger charge is 2.31. The molecule has 0 spiro atoms. The molecule has 2 heterocycles. The van der Waals surface area contributed by atoms with Crippen molar-refractivity contribution < 1.29 is 0 Å². The molecule has 2 heteroatoms. The van der Waals surface area contributed by atoms with Crippen LogP contribution in [0.4, 0.5) is 0 Å². The molecular formula is C10H20N2. The summed E-state index contributed by atoms with van der Waals surface area (Å²) in [5, 5.41) is 0. The van der Waals surface area contributed by atoms with Crippen LogP contribution in [0.3, 0.4) is 0 Å². The Morgan fingerprint density at radius 3 is 2.83 bits per heavy atom. The minimum atomic E-state index is 0.786. The lowest BCUT2D eigenvalue weighted by Crippen LogP contribution is -2.58. The smallest absolute Gasteiger partial charge is 0.0226 e. The molecule has 0 aromatic rings. The first-order valence-corrected chi connectivity index (χ1v) is 5.21. The van der Waals surface area contributed by atoms with E-state index in [9.17, 15) is 0 Å². The second kappa shape index (κ2) is 3.35. The Morgan fingerprint density at radius 2 is 2.00 bits per heavy atom. The van der Waals surface area contributed by atoms with Gasteiger partial charge in [-0.1, -0.05) is 6.42 Å². The number of likely N-dealkylation sites (N-methyl/N-ethyl adjacent to an activating group) is 1. The number of rotatable bonds is 0. The third-order valence-electron chi connectivity index (χ3n) is 3.34. The van der Waals surface area contributed by atoms with Crippen molar-refractivity contribution in [2.75, 3.05) is 26.7 Å². The zero-order chi connectivity index (χ0) is 8.55. The normalized spacial score (nSPS) is 39.5. The van der Waals surface area contributed by atoms with Crippen LogP contribution in [0.15, 0.2) is 0 Å². The average molecular weight is 168 g/mol. The van der Waals surface area contributed by atoms with Gasteiger partial charge in [0.25, 0.3) is 0 Å². The Labute approximate surface area is 75.5 Å². The van der Waals surface area contributed by atoms with E-state index in [1.807, 2.05) is 0 Å². The van der Waals surface area contributed by atoms with Crippen LogP contribution in [0.25, 0.3) is 0 Å². The topological polar surface area (TPSA) is 6.48 Å². The van der Waals surface area contributed by atoms with Crippen molar-refractivity contribution >= 4 is 0 Å². The Balaban J connectivity index is 2.01. The van der Waals surface area contributed by atoms with Crippen LogP contribution in [-0.4, -0.2) is 48.6 Å². The summed E-state index contributed by atoms with van der Waals surface area (Å²) >= 11 is 0. The van der Waals surface area contributed by atoms with Crippen molar-refractivity contribution in [1.82, 2.24) is 9.80 Å². The molecule has 0 bridgehead atoms. The van der Waals surface area contributed by atoms with Gasteiger partial charge in [-0.2, -0.15) is 0 Å². The third-order valence-corrected chi connectivity index (χ3v) is 3.34. The summed E-state index contributed by atoms with van der Waals surface area (Å²) in [5.41, 5.74) is 0. The largest absolute Gasteiger partial charge is 0.303 e. The van der Waals surface area contributed by atoms with Gasteiger partial charge in [-0.25, -0.2) is 0 Å². The molecule has 2 saturated heterocycles. The van der Waals surface area contributed by atoms with E-state index in [0.717, 1.165) is 12.1 Å². The quantitative estimate of drug-likeness (QED) is 0.536. The van der Waals surface area contributed by atoms with Gasteiger partial charge in [0.15, 0.2) is 0 Å². The number of hydrogen-bond donors (Lipinski definition) is 0. The molecule has 2 fully saturated rings. The predicted octanol–water partition coefficient (Wildman–Crippen LogP) is 1.17. The van der Waals surface area contributed by atoms with E-state index in [-0.39, 0.29) is 0 Å². The highest BCUT2D eigenvalue weighted by Crippen LogP contribution is 2.23. The van der Waals surface area contributed by atoms with Gasteiger partial charge in [0.1, 0.15) is 0 Å². The maximum absolute atomic E-state index is 2.71. The van der Waals surface area contributed by atoms with Crippen LogP contribution >= 0.6 is 0 Å². The molecular weight excluding hydrogens is 148 g/mol. The summed E-state index contributed by atoms with van der Waals surface area (Å²) in [6.07, 6.45) is 4.29. The molecule has 0 amide bonds. The first kappa shape index (κ1) is 8.52. The molecule has 0 aromatic carbocycles. The number of piperidine rings is 1. The summed E-state index contributed by atoms with van der Waals surface area (Å²) in [4.78, 5) is 5.20. The fourth-order valence-corrected chi connectivity index (χ4v) is 2.79. The van der Waals surface area contributed by atoms with Gasteiger partial charge in [0, 0.05) is 25.2 Å². The third kappa shape index (κ3) is 1.50. The van der Waals surface area contributed by atoms with Crippen molar-refractivity contribution in [3.8, 4) is 0 Å². The zero-order valence-corrected chi connectivity index (χ0v) is 8.29. The summed E-state index contributed by atoms with van der Waals surface area (Å²) in [6, 6.07) is 1.65. The lowest BCUT2D eigenvalue weighted by Gasteiger charge is -2.47. The summed E-state index contributed by atoms with van der Waals surface area (Å²) in [6.45, 7) is 6.27. The highest BCUT2D eigenvalue weighted by atomic mass is 15.3. The molecule has 0 N–H and O–H groups in total. The Bertz CT molecular complexity index is 158. The molecule has 0 saturated carbocycles. The van der Waals surface area contributed by atoms with Gasteiger partial charge in [0.05, 0.1) is 0 Å². The second-order valence-electron chi connectivity index (χ2n) is 4.46. The number of fused-ring (bicyclic) bond motifs is 1. The van der Waals surface area contributed by atoms with E-state index in [2.05, 4.69) is 23.8 Å². The van der Waals surface area contributed by atoms with Gasteiger partial charge in [0.2, 0.25) is 0 Å². The second-order valence-corrected chi connectivity index (χ2v) is 4.46. The monoisotopic (exact) mass is 168 g/mol. The lowest BCUT2D eigenvalue weighted by molar-refractivity contribution is 0.0200. The molecule has 2 aliphatic rings. The maximum atomic E-state index is 2.71. The van der Waals surface area contributed by atoms with Gasteiger partial charge in [-0.05, 0) is 33.4 Å². The summed E-state index contributed by atoms with van der Waals surface area (Å²) in [5.74, 6) is 0. The molecule has 2 unspecified atom stereocenters. The molecule has 12 heavy (non-hydrogen) atoms. The standard InChI is InChI=1S/C10H20N2/c1-9-7-11(2)8-10-5-3-4-6-12(9)10/h9-10H,3-8H2,1-2H3. The number of hydrogen-bond acceptors (Lipinski definition) is 2. The van der Waals surface area contributed by atoms with Crippen LogP contribution in [0.5, 0.6) is 0 Å². The van der Waals surface area contributed by atoms with E-state index in [1.54, 1.807) is 0 Å². The molecule has 0 aliphatic carbocycles. The molecule has 2 nitrogen and oxygen atoms in total. The molecule has 2 aliphatic heterocycles. The summed E-state index contributed by atoms with van der Waals surface area (Å²) in [7, 11) is 2.25. The minimum Gasteiger partial charge on any atom is -0.303 e. The molecule has 2 atom stereocenters. The Morgan fingerprint density at radius 1 is 1.17 bits per heavy atom. The molecule has 0 aromatic heterocycles. The van der Waals surface area contributed by atoms with E-state index in [1.165, 1.54) is 38.9 Å². The van der Waals surface area contributed by atoms with Crippen molar-refractivity contribution in [1.29, 1.82) is 0 Å². The van der Waals surface area contributed by atoms with Crippen molar-refractivity contribution in [2.45, 2.75) is 38.3 Å². The average Bonchev–Trinajstić information content (AvgIpc) is 2.04. The zero-order valence-electron chi connectivity index (χ0n) is 8.29. The van der Waals surface area contributed by atoms with E-state index in [4.69, 9.17) is 0 Å². The lowest BCUT2D eigenvalue weighted by atomic mass is 9.97. The fraction of sp³-hybridized carbons (Fsp3) is 1.00. The van der Waals surface area contributed by atoms with Gasteiger partial charge >= 0.3 is 0 Å². The fourth-order valence-electron chi connectivity index (χ4n) is 2.79. The van der Waals surface area contributed by atoms with Crippen molar-refractivity contribution in [2.24, 2.45) is 0 Å². The van der Waals surface area contributed by atoms with Gasteiger partial charge in [-0.15, -0.1) is 0 Å². The van der Waals surface area contributed by atoms with Gasteiger partial charge < -0.3 is 4.90 Å². The Kier molecular flexibility index (Phi) is 2.37. The SMILES string of the molecule is CC1CN(C)CC2CCCCN12. The van der Waals surface area contributed by atoms with Crippen LogP contribution in [0.2, 0.25) is 0 Å². The van der Waals surface area contributed by atoms with Gasteiger partial charge in [-0.3, -0.25) is 4.90 Å². The first-order valence-electron chi connectivity index (χ1n) is 5.21. The Hall–Kier alpha value is -0.0800. The van der Waals surface area contributed by atoms with Crippen LogP contribution in [-0.2, 0) is 0 Å². The van der Waals surface area contributed by atoms with E-state index >= 15 is 0 Å². The summed E-state index contributed by atoms with van der Waals surface area (Å²) < 4.78 is 0.